The average molecular weight is 447 g/mol. The normalized spacial score (nSPS) is 14.7. The lowest BCUT2D eigenvalue weighted by Gasteiger charge is -2.17. The average Bonchev–Trinajstić information content (AvgIpc) is 2.75. The van der Waals surface area contributed by atoms with Crippen LogP contribution in [0.3, 0.4) is 0 Å². The Morgan fingerprint density at radius 2 is 0.833 bits per heavy atom. The lowest BCUT2D eigenvalue weighted by Crippen LogP contribution is -2.14. The molecule has 2 unspecified atom stereocenters. The van der Waals surface area contributed by atoms with Gasteiger partial charge in [0.15, 0.2) is 0 Å². The minimum absolute atomic E-state index is 0.161. The van der Waals surface area contributed by atoms with E-state index in [0.717, 1.165) is 25.7 Å². The second kappa shape index (κ2) is 23.8. The molecule has 0 radical (unpaired) electrons. The van der Waals surface area contributed by atoms with Gasteiger partial charge in [0, 0.05) is 25.5 Å². The summed E-state index contributed by atoms with van der Waals surface area (Å²) in [5.74, 6) is 0.387. The van der Waals surface area contributed by atoms with Gasteiger partial charge >= 0.3 is 0 Å². The Bertz CT molecular complexity index is 330. The van der Waals surface area contributed by atoms with Gasteiger partial charge in [-0.25, -0.2) is 0 Å². The first-order valence-corrected chi connectivity index (χ1v) is 15.2. The van der Waals surface area contributed by atoms with Crippen LogP contribution in [0.5, 0.6) is 0 Å². The molecule has 2 N–H and O–H groups in total. The van der Waals surface area contributed by atoms with Crippen molar-refractivity contribution in [3.8, 4) is 0 Å². The van der Waals surface area contributed by atoms with Crippen molar-refractivity contribution in [2.24, 2.45) is 11.8 Å². The molecule has 0 rings (SSSR count). The summed E-state index contributed by atoms with van der Waals surface area (Å²) in [6, 6.07) is 0. The van der Waals surface area contributed by atoms with Gasteiger partial charge in [0.1, 0.15) is 0 Å². The molecule has 0 aromatic carbocycles. The third-order valence-electron chi connectivity index (χ3n) is 6.48. The van der Waals surface area contributed by atoms with Gasteiger partial charge in [0.05, 0.1) is 7.80 Å². The minimum Gasteiger partial charge on any atom is -0.396 e. The molecule has 0 heterocycles. The monoisotopic (exact) mass is 446 g/mol. The van der Waals surface area contributed by atoms with E-state index in [-0.39, 0.29) is 25.0 Å². The van der Waals surface area contributed by atoms with Gasteiger partial charge < -0.3 is 14.8 Å². The quantitative estimate of drug-likeness (QED) is 0.117. The zero-order chi connectivity index (χ0) is 22.3. The molecule has 2 atom stereocenters. The molecule has 0 saturated heterocycles. The van der Waals surface area contributed by atoms with Crippen LogP contribution in [0.15, 0.2) is 0 Å². The molecule has 0 aliphatic rings. The molecule has 30 heavy (non-hydrogen) atoms. The molecular formula is C26H55O3P. The molecule has 0 fully saturated rings. The van der Waals surface area contributed by atoms with Crippen LogP contribution in [0.4, 0.5) is 0 Å². The predicted octanol–water partition coefficient (Wildman–Crippen LogP) is 7.82. The van der Waals surface area contributed by atoms with Crippen LogP contribution in [-0.4, -0.2) is 35.8 Å². The molecule has 3 nitrogen and oxygen atoms in total. The van der Waals surface area contributed by atoms with Crippen molar-refractivity contribution >= 4 is 7.80 Å². The summed E-state index contributed by atoms with van der Waals surface area (Å²) in [6.07, 6.45) is 24.1. The van der Waals surface area contributed by atoms with Crippen LogP contribution in [0.2, 0.25) is 0 Å². The van der Waals surface area contributed by atoms with E-state index in [0.29, 0.717) is 12.3 Å². The van der Waals surface area contributed by atoms with Gasteiger partial charge in [0.2, 0.25) is 0 Å². The molecule has 0 bridgehead atoms. The Hall–Kier alpha value is 0.150. The summed E-state index contributed by atoms with van der Waals surface area (Å²) < 4.78 is 12.6. The van der Waals surface area contributed by atoms with E-state index in [1.807, 2.05) is 0 Å². The fraction of sp³-hybridized carbons (Fsp3) is 1.00. The second-order valence-corrected chi connectivity index (χ2v) is 11.5. The number of aliphatic hydroxyl groups excluding tert-OH is 2. The first-order valence-electron chi connectivity index (χ1n) is 13.4. The van der Waals surface area contributed by atoms with Crippen molar-refractivity contribution in [3.63, 3.8) is 0 Å². The standard InChI is InChI=1S/C26H55O3P/c1-3-5-7-9-11-13-15-17-19-25(21-27)23-30(29)24-26(22-28)20-18-16-14-12-10-8-6-4-2/h25-28,30H,3-24H2,1-2H3. The molecule has 0 aliphatic carbocycles. The van der Waals surface area contributed by atoms with E-state index in [9.17, 15) is 14.8 Å². The highest BCUT2D eigenvalue weighted by Gasteiger charge is 2.16. The smallest absolute Gasteiger partial charge is 0.0769 e. The van der Waals surface area contributed by atoms with Crippen molar-refractivity contribution in [2.45, 2.75) is 129 Å². The Morgan fingerprint density at radius 3 is 1.13 bits per heavy atom. The largest absolute Gasteiger partial charge is 0.396 e. The molecule has 0 spiro atoms. The van der Waals surface area contributed by atoms with Crippen LogP contribution < -0.4 is 0 Å². The number of unbranched alkanes of at least 4 members (excludes halogenated alkanes) is 14. The van der Waals surface area contributed by atoms with Crippen molar-refractivity contribution in [3.05, 3.63) is 0 Å². The van der Waals surface area contributed by atoms with Crippen LogP contribution in [0.25, 0.3) is 0 Å². The molecular weight excluding hydrogens is 391 g/mol. The Balaban J connectivity index is 3.79. The minimum atomic E-state index is -1.69. The summed E-state index contributed by atoms with van der Waals surface area (Å²) >= 11 is 0. The maximum absolute atomic E-state index is 12.6. The summed E-state index contributed by atoms with van der Waals surface area (Å²) in [4.78, 5) is 0. The number of hydrogen-bond acceptors (Lipinski definition) is 3. The fourth-order valence-electron chi connectivity index (χ4n) is 4.38. The van der Waals surface area contributed by atoms with Gasteiger partial charge in [-0.15, -0.1) is 0 Å². The van der Waals surface area contributed by atoms with E-state index in [1.54, 1.807) is 0 Å². The number of hydrogen-bond donors (Lipinski definition) is 2. The van der Waals surface area contributed by atoms with Crippen LogP contribution in [0.1, 0.15) is 129 Å². The first kappa shape index (κ1) is 30.1. The molecule has 0 aromatic heterocycles. The highest BCUT2D eigenvalue weighted by atomic mass is 31.1. The summed E-state index contributed by atoms with van der Waals surface area (Å²) in [6.45, 7) is 4.82. The second-order valence-electron chi connectivity index (χ2n) is 9.57. The third-order valence-corrected chi connectivity index (χ3v) is 8.55. The summed E-state index contributed by atoms with van der Waals surface area (Å²) in [5, 5.41) is 19.3. The lowest BCUT2D eigenvalue weighted by molar-refractivity contribution is 0.224. The van der Waals surface area contributed by atoms with Gasteiger partial charge in [-0.05, 0) is 24.7 Å². The van der Waals surface area contributed by atoms with Gasteiger partial charge in [-0.2, -0.15) is 0 Å². The highest BCUT2D eigenvalue weighted by Crippen LogP contribution is 2.31. The first-order chi connectivity index (χ1) is 14.7. The van der Waals surface area contributed by atoms with Crippen molar-refractivity contribution in [1.29, 1.82) is 0 Å². The number of rotatable bonds is 24. The van der Waals surface area contributed by atoms with E-state index in [2.05, 4.69) is 13.8 Å². The van der Waals surface area contributed by atoms with Gasteiger partial charge in [-0.3, -0.25) is 0 Å². The zero-order valence-electron chi connectivity index (χ0n) is 20.5. The van der Waals surface area contributed by atoms with Gasteiger partial charge in [-0.1, -0.05) is 117 Å². The maximum Gasteiger partial charge on any atom is 0.0769 e. The van der Waals surface area contributed by atoms with Crippen LogP contribution in [0, 0.1) is 11.8 Å². The van der Waals surface area contributed by atoms with Crippen molar-refractivity contribution < 1.29 is 14.8 Å². The third kappa shape index (κ3) is 20.1. The highest BCUT2D eigenvalue weighted by molar-refractivity contribution is 7.44. The fourth-order valence-corrected chi connectivity index (χ4v) is 6.50. The van der Waals surface area contributed by atoms with Crippen LogP contribution in [-0.2, 0) is 4.57 Å². The number of aliphatic hydroxyl groups is 2. The summed E-state index contributed by atoms with van der Waals surface area (Å²) in [5.41, 5.74) is 0. The maximum atomic E-state index is 12.6. The lowest BCUT2D eigenvalue weighted by atomic mass is 10.0. The summed E-state index contributed by atoms with van der Waals surface area (Å²) in [7, 11) is -1.69. The van der Waals surface area contributed by atoms with E-state index < -0.39 is 7.80 Å². The Kier molecular flexibility index (Phi) is 23.9. The predicted molar refractivity (Wildman–Crippen MR) is 134 cm³/mol. The Labute approximate surface area is 189 Å². The van der Waals surface area contributed by atoms with E-state index >= 15 is 0 Å². The van der Waals surface area contributed by atoms with Crippen molar-refractivity contribution in [2.75, 3.05) is 25.5 Å². The topological polar surface area (TPSA) is 57.5 Å². The van der Waals surface area contributed by atoms with E-state index in [1.165, 1.54) is 89.9 Å². The molecule has 4 heteroatoms. The van der Waals surface area contributed by atoms with Gasteiger partial charge in [0.25, 0.3) is 0 Å². The zero-order valence-corrected chi connectivity index (χ0v) is 21.5. The van der Waals surface area contributed by atoms with Crippen molar-refractivity contribution in [1.82, 2.24) is 0 Å². The SMILES string of the molecule is CCCCCCCCCCC(CO)C[PH](=O)CC(CO)CCCCCCCCCC. The van der Waals surface area contributed by atoms with E-state index in [4.69, 9.17) is 0 Å². The molecule has 0 aromatic rings. The molecule has 0 saturated carbocycles. The van der Waals surface area contributed by atoms with Crippen LogP contribution >= 0.6 is 7.80 Å². The molecule has 0 aliphatic heterocycles. The molecule has 0 amide bonds. The molecule has 182 valence electrons. The Morgan fingerprint density at radius 1 is 0.533 bits per heavy atom.